The summed E-state index contributed by atoms with van der Waals surface area (Å²) in [6, 6.07) is 4.71. The van der Waals surface area contributed by atoms with E-state index in [2.05, 4.69) is 6.58 Å². The quantitative estimate of drug-likeness (QED) is 0.686. The SMILES string of the molecule is C=CC(=O)Cc1cccc(OC)c1F. The van der Waals surface area contributed by atoms with E-state index in [9.17, 15) is 9.18 Å². The van der Waals surface area contributed by atoms with Gasteiger partial charge in [-0.1, -0.05) is 18.7 Å². The van der Waals surface area contributed by atoms with Gasteiger partial charge in [-0.05, 0) is 17.7 Å². The van der Waals surface area contributed by atoms with E-state index in [0.29, 0.717) is 5.56 Å². The average Bonchev–Trinajstić information content (AvgIpc) is 2.21. The van der Waals surface area contributed by atoms with Gasteiger partial charge in [0.1, 0.15) is 0 Å². The van der Waals surface area contributed by atoms with Gasteiger partial charge in [0.2, 0.25) is 0 Å². The van der Waals surface area contributed by atoms with Gasteiger partial charge in [0.25, 0.3) is 0 Å². The molecule has 74 valence electrons. The van der Waals surface area contributed by atoms with Crippen molar-refractivity contribution >= 4 is 5.78 Å². The molecule has 0 saturated heterocycles. The van der Waals surface area contributed by atoms with Crippen molar-refractivity contribution in [2.24, 2.45) is 0 Å². The van der Waals surface area contributed by atoms with Crippen LogP contribution in [-0.4, -0.2) is 12.9 Å². The molecule has 0 spiro atoms. The third-order valence-corrected chi connectivity index (χ3v) is 1.86. The molecule has 1 aromatic rings. The second-order valence-electron chi connectivity index (χ2n) is 2.78. The lowest BCUT2D eigenvalue weighted by atomic mass is 10.1. The van der Waals surface area contributed by atoms with Crippen LogP contribution >= 0.6 is 0 Å². The van der Waals surface area contributed by atoms with Crippen molar-refractivity contribution < 1.29 is 13.9 Å². The molecule has 0 aliphatic carbocycles. The molecule has 0 aromatic heterocycles. The van der Waals surface area contributed by atoms with Crippen LogP contribution in [0, 0.1) is 5.82 Å². The smallest absolute Gasteiger partial charge is 0.168 e. The fourth-order valence-electron chi connectivity index (χ4n) is 1.11. The summed E-state index contributed by atoms with van der Waals surface area (Å²) in [4.78, 5) is 11.0. The number of hydrogen-bond acceptors (Lipinski definition) is 2. The van der Waals surface area contributed by atoms with E-state index >= 15 is 0 Å². The zero-order chi connectivity index (χ0) is 10.6. The number of allylic oxidation sites excluding steroid dienone is 1. The Balaban J connectivity index is 2.97. The Labute approximate surface area is 82.0 Å². The van der Waals surface area contributed by atoms with Crippen LogP contribution in [0.15, 0.2) is 30.9 Å². The van der Waals surface area contributed by atoms with Crippen LogP contribution in [0.1, 0.15) is 5.56 Å². The molecular formula is C11H11FO2. The lowest BCUT2D eigenvalue weighted by Gasteiger charge is -2.05. The zero-order valence-electron chi connectivity index (χ0n) is 7.92. The summed E-state index contributed by atoms with van der Waals surface area (Å²) in [5, 5.41) is 0. The molecule has 0 aliphatic heterocycles. The van der Waals surface area contributed by atoms with Crippen LogP contribution < -0.4 is 4.74 Å². The summed E-state index contributed by atoms with van der Waals surface area (Å²) >= 11 is 0. The van der Waals surface area contributed by atoms with Gasteiger partial charge in [0, 0.05) is 6.42 Å². The first-order valence-corrected chi connectivity index (χ1v) is 4.15. The summed E-state index contributed by atoms with van der Waals surface area (Å²) in [6.07, 6.45) is 1.20. The maximum absolute atomic E-state index is 13.5. The van der Waals surface area contributed by atoms with Gasteiger partial charge < -0.3 is 4.74 Å². The van der Waals surface area contributed by atoms with Crippen molar-refractivity contribution in [2.75, 3.05) is 7.11 Å². The number of carbonyl (C=O) groups is 1. The van der Waals surface area contributed by atoms with Crippen LogP contribution in [-0.2, 0) is 11.2 Å². The normalized spacial score (nSPS) is 9.57. The fourth-order valence-corrected chi connectivity index (χ4v) is 1.11. The Morgan fingerprint density at radius 3 is 2.93 bits per heavy atom. The third-order valence-electron chi connectivity index (χ3n) is 1.86. The van der Waals surface area contributed by atoms with Gasteiger partial charge in [0.15, 0.2) is 17.3 Å². The molecule has 0 unspecified atom stereocenters. The maximum atomic E-state index is 13.5. The number of ketones is 1. The maximum Gasteiger partial charge on any atom is 0.168 e. The molecule has 1 aromatic carbocycles. The molecule has 0 fully saturated rings. The van der Waals surface area contributed by atoms with E-state index in [1.165, 1.54) is 19.3 Å². The molecule has 0 bridgehead atoms. The fraction of sp³-hybridized carbons (Fsp3) is 0.182. The van der Waals surface area contributed by atoms with Crippen LogP contribution in [0.2, 0.25) is 0 Å². The number of methoxy groups -OCH3 is 1. The summed E-state index contributed by atoms with van der Waals surface area (Å²) in [5.74, 6) is -0.540. The van der Waals surface area contributed by atoms with Crippen molar-refractivity contribution in [3.63, 3.8) is 0 Å². The predicted molar refractivity (Wildman–Crippen MR) is 51.9 cm³/mol. The summed E-state index contributed by atoms with van der Waals surface area (Å²) < 4.78 is 18.2. The van der Waals surface area contributed by atoms with E-state index in [4.69, 9.17) is 4.74 Å². The minimum absolute atomic E-state index is 0.0204. The highest BCUT2D eigenvalue weighted by Gasteiger charge is 2.09. The minimum Gasteiger partial charge on any atom is -0.494 e. The van der Waals surface area contributed by atoms with Gasteiger partial charge in [-0.3, -0.25) is 4.79 Å². The standard InChI is InChI=1S/C11H11FO2/c1-3-9(13)7-8-5-4-6-10(14-2)11(8)12/h3-6H,1,7H2,2H3. The lowest BCUT2D eigenvalue weighted by Crippen LogP contribution is -2.01. The number of carbonyl (C=O) groups excluding carboxylic acids is 1. The second-order valence-corrected chi connectivity index (χ2v) is 2.78. The van der Waals surface area contributed by atoms with Crippen molar-refractivity contribution in [3.05, 3.63) is 42.2 Å². The number of ether oxygens (including phenoxy) is 1. The molecule has 0 N–H and O–H groups in total. The van der Waals surface area contributed by atoms with Crippen molar-refractivity contribution in [1.29, 1.82) is 0 Å². The van der Waals surface area contributed by atoms with Gasteiger partial charge in [0.05, 0.1) is 7.11 Å². The van der Waals surface area contributed by atoms with Crippen molar-refractivity contribution in [2.45, 2.75) is 6.42 Å². The first kappa shape index (κ1) is 10.4. The number of hydrogen-bond donors (Lipinski definition) is 0. The van der Waals surface area contributed by atoms with Gasteiger partial charge in [-0.2, -0.15) is 0 Å². The molecule has 0 heterocycles. The number of halogens is 1. The molecule has 0 saturated carbocycles. The van der Waals surface area contributed by atoms with Gasteiger partial charge in [-0.25, -0.2) is 4.39 Å². The molecule has 1 rings (SSSR count). The highest BCUT2D eigenvalue weighted by Crippen LogP contribution is 2.20. The Kier molecular flexibility index (Phi) is 3.40. The monoisotopic (exact) mass is 194 g/mol. The van der Waals surface area contributed by atoms with Crippen LogP contribution in [0.3, 0.4) is 0 Å². The molecule has 14 heavy (non-hydrogen) atoms. The Hall–Kier alpha value is -1.64. The predicted octanol–water partition coefficient (Wildman–Crippen LogP) is 2.13. The second kappa shape index (κ2) is 4.56. The topological polar surface area (TPSA) is 26.3 Å². The van der Waals surface area contributed by atoms with E-state index in [1.807, 2.05) is 0 Å². The first-order chi connectivity index (χ1) is 6.69. The minimum atomic E-state index is -0.481. The lowest BCUT2D eigenvalue weighted by molar-refractivity contribution is -0.114. The Morgan fingerprint density at radius 2 is 2.36 bits per heavy atom. The van der Waals surface area contributed by atoms with E-state index in [-0.39, 0.29) is 18.0 Å². The largest absolute Gasteiger partial charge is 0.494 e. The molecule has 0 aliphatic rings. The van der Waals surface area contributed by atoms with E-state index in [0.717, 1.165) is 0 Å². The Morgan fingerprint density at radius 1 is 1.64 bits per heavy atom. The van der Waals surface area contributed by atoms with Gasteiger partial charge >= 0.3 is 0 Å². The molecular weight excluding hydrogens is 183 g/mol. The van der Waals surface area contributed by atoms with Crippen LogP contribution in [0.4, 0.5) is 4.39 Å². The molecule has 0 atom stereocenters. The summed E-state index contributed by atoms with van der Waals surface area (Å²) in [5.41, 5.74) is 0.328. The molecule has 0 amide bonds. The third kappa shape index (κ3) is 2.19. The average molecular weight is 194 g/mol. The number of benzene rings is 1. The van der Waals surface area contributed by atoms with Crippen LogP contribution in [0.25, 0.3) is 0 Å². The van der Waals surface area contributed by atoms with E-state index < -0.39 is 5.82 Å². The summed E-state index contributed by atoms with van der Waals surface area (Å²) in [6.45, 7) is 3.33. The van der Waals surface area contributed by atoms with Crippen molar-refractivity contribution in [1.82, 2.24) is 0 Å². The van der Waals surface area contributed by atoms with Gasteiger partial charge in [-0.15, -0.1) is 0 Å². The van der Waals surface area contributed by atoms with Crippen LogP contribution in [0.5, 0.6) is 5.75 Å². The highest BCUT2D eigenvalue weighted by atomic mass is 19.1. The number of rotatable bonds is 4. The molecule has 3 heteroatoms. The molecule has 2 nitrogen and oxygen atoms in total. The van der Waals surface area contributed by atoms with E-state index in [1.54, 1.807) is 12.1 Å². The highest BCUT2D eigenvalue weighted by molar-refractivity contribution is 5.90. The van der Waals surface area contributed by atoms with Crippen molar-refractivity contribution in [3.8, 4) is 5.75 Å². The first-order valence-electron chi connectivity index (χ1n) is 4.15. The summed E-state index contributed by atoms with van der Waals surface area (Å²) in [7, 11) is 1.39. The Bertz CT molecular complexity index is 358. The molecule has 0 radical (unpaired) electrons. The zero-order valence-corrected chi connectivity index (χ0v) is 7.92.